The van der Waals surface area contributed by atoms with Crippen LogP contribution < -0.4 is 0 Å². The van der Waals surface area contributed by atoms with Gasteiger partial charge in [0, 0.05) is 11.5 Å². The van der Waals surface area contributed by atoms with Crippen molar-refractivity contribution in [2.45, 2.75) is 6.42 Å². The Morgan fingerprint density at radius 1 is 1.00 bits per heavy atom. The molecule has 2 rings (SSSR count). The summed E-state index contributed by atoms with van der Waals surface area (Å²) in [5.41, 5.74) is 1.80. The Labute approximate surface area is 113 Å². The molecule has 0 heterocycles. The summed E-state index contributed by atoms with van der Waals surface area (Å²) in [4.78, 5) is 10.2. The van der Waals surface area contributed by atoms with Gasteiger partial charge in [0.2, 0.25) is 7.37 Å². The molecule has 19 heavy (non-hydrogen) atoms. The van der Waals surface area contributed by atoms with E-state index in [0.29, 0.717) is 11.7 Å². The van der Waals surface area contributed by atoms with E-state index in [1.54, 1.807) is 0 Å². The number of benzene rings is 2. The molecule has 0 aliphatic heterocycles. The van der Waals surface area contributed by atoms with Gasteiger partial charge in [-0.3, -0.25) is 4.57 Å². The van der Waals surface area contributed by atoms with Gasteiger partial charge in [0.1, 0.15) is 0 Å². The predicted molar refractivity (Wildman–Crippen MR) is 80.3 cm³/mol. The monoisotopic (exact) mass is 272 g/mol. The van der Waals surface area contributed by atoms with E-state index in [4.69, 9.17) is 0 Å². The van der Waals surface area contributed by atoms with Crippen molar-refractivity contribution in [2.24, 2.45) is 0 Å². The van der Waals surface area contributed by atoms with Crippen LogP contribution in [-0.2, 0) is 11.0 Å². The third-order valence-electron chi connectivity index (χ3n) is 3.08. The first-order valence-electron chi connectivity index (χ1n) is 6.20. The van der Waals surface area contributed by atoms with Gasteiger partial charge in [-0.25, -0.2) is 0 Å². The molecular weight excluding hydrogens is 255 g/mol. The second kappa shape index (κ2) is 6.01. The van der Waals surface area contributed by atoms with Crippen molar-refractivity contribution in [1.29, 1.82) is 0 Å². The Hall–Kier alpha value is -1.63. The highest BCUT2D eigenvalue weighted by atomic mass is 31.2. The number of hydrogen-bond donors (Lipinski definition) is 1. The van der Waals surface area contributed by atoms with Crippen LogP contribution in [0.2, 0.25) is 0 Å². The zero-order valence-electron chi connectivity index (χ0n) is 10.7. The standard InChI is InChI=1S/C16H17O2P/c1-14(16-10-6-3-7-11-16)19(17,18)13-12-15-8-4-2-5-9-15/h2-11H,1,12-13H2,(H,17,18). The molecule has 2 aromatic rings. The SMILES string of the molecule is C=C(c1ccccc1)P(=O)(O)CCc1ccccc1. The van der Waals surface area contributed by atoms with Gasteiger partial charge in [-0.1, -0.05) is 67.2 Å². The number of hydrogen-bond acceptors (Lipinski definition) is 1. The van der Waals surface area contributed by atoms with Gasteiger partial charge in [-0.2, -0.15) is 0 Å². The molecule has 1 atom stereocenters. The second-order valence-corrected chi connectivity index (χ2v) is 6.86. The zero-order chi connectivity index (χ0) is 13.7. The normalized spacial score (nSPS) is 13.7. The van der Waals surface area contributed by atoms with E-state index in [-0.39, 0.29) is 6.16 Å². The summed E-state index contributed by atoms with van der Waals surface area (Å²) in [6.45, 7) is 3.80. The summed E-state index contributed by atoms with van der Waals surface area (Å²) in [7, 11) is -3.37. The molecule has 0 aromatic heterocycles. The maximum absolute atomic E-state index is 12.3. The lowest BCUT2D eigenvalue weighted by atomic mass is 10.2. The van der Waals surface area contributed by atoms with Crippen LogP contribution in [-0.4, -0.2) is 11.1 Å². The predicted octanol–water partition coefficient (Wildman–Crippen LogP) is 4.17. The summed E-state index contributed by atoms with van der Waals surface area (Å²) < 4.78 is 12.3. The van der Waals surface area contributed by atoms with Gasteiger partial charge in [0.15, 0.2) is 0 Å². The summed E-state index contributed by atoms with van der Waals surface area (Å²) >= 11 is 0. The highest BCUT2D eigenvalue weighted by Gasteiger charge is 2.23. The molecule has 0 saturated carbocycles. The summed E-state index contributed by atoms with van der Waals surface area (Å²) in [5, 5.41) is 0.337. The Kier molecular flexibility index (Phi) is 4.36. The topological polar surface area (TPSA) is 37.3 Å². The van der Waals surface area contributed by atoms with Crippen molar-refractivity contribution in [3.05, 3.63) is 78.4 Å². The molecule has 0 radical (unpaired) electrons. The molecular formula is C16H17O2P. The van der Waals surface area contributed by atoms with Gasteiger partial charge in [0.25, 0.3) is 0 Å². The van der Waals surface area contributed by atoms with E-state index in [9.17, 15) is 9.46 Å². The maximum Gasteiger partial charge on any atom is 0.229 e. The van der Waals surface area contributed by atoms with Gasteiger partial charge < -0.3 is 4.89 Å². The zero-order valence-corrected chi connectivity index (χ0v) is 11.6. The molecule has 98 valence electrons. The van der Waals surface area contributed by atoms with Crippen molar-refractivity contribution >= 4 is 12.7 Å². The number of aryl methyl sites for hydroxylation is 1. The van der Waals surface area contributed by atoms with Gasteiger partial charge in [0.05, 0.1) is 0 Å². The van der Waals surface area contributed by atoms with Crippen molar-refractivity contribution in [1.82, 2.24) is 0 Å². The average Bonchev–Trinajstić information content (AvgIpc) is 2.46. The largest absolute Gasteiger partial charge is 0.341 e. The summed E-state index contributed by atoms with van der Waals surface area (Å²) in [5.74, 6) is 0. The minimum absolute atomic E-state index is 0.227. The molecule has 0 aliphatic carbocycles. The molecule has 1 N–H and O–H groups in total. The van der Waals surface area contributed by atoms with Gasteiger partial charge >= 0.3 is 0 Å². The van der Waals surface area contributed by atoms with E-state index in [0.717, 1.165) is 11.1 Å². The molecule has 0 amide bonds. The van der Waals surface area contributed by atoms with E-state index < -0.39 is 7.37 Å². The van der Waals surface area contributed by atoms with Gasteiger partial charge in [-0.15, -0.1) is 0 Å². The summed E-state index contributed by atoms with van der Waals surface area (Å²) in [6.07, 6.45) is 0.811. The molecule has 2 aromatic carbocycles. The lowest BCUT2D eigenvalue weighted by Gasteiger charge is -2.14. The van der Waals surface area contributed by atoms with Crippen LogP contribution in [0.3, 0.4) is 0 Å². The molecule has 2 nitrogen and oxygen atoms in total. The lowest BCUT2D eigenvalue weighted by molar-refractivity contribution is 0.490. The fraction of sp³-hybridized carbons (Fsp3) is 0.125. The summed E-state index contributed by atoms with van der Waals surface area (Å²) in [6, 6.07) is 18.9. The first kappa shape index (κ1) is 13.8. The van der Waals surface area contributed by atoms with Crippen LogP contribution in [0, 0.1) is 0 Å². The Morgan fingerprint density at radius 2 is 1.53 bits per heavy atom. The van der Waals surface area contributed by atoms with E-state index in [1.807, 2.05) is 60.7 Å². The van der Waals surface area contributed by atoms with Crippen LogP contribution in [0.25, 0.3) is 5.31 Å². The third-order valence-corrected chi connectivity index (χ3v) is 5.01. The maximum atomic E-state index is 12.3. The quantitative estimate of drug-likeness (QED) is 0.829. The molecule has 0 fully saturated rings. The van der Waals surface area contributed by atoms with Gasteiger partial charge in [-0.05, 0) is 17.5 Å². The highest BCUT2D eigenvalue weighted by Crippen LogP contribution is 2.54. The molecule has 0 saturated heterocycles. The average molecular weight is 272 g/mol. The fourth-order valence-electron chi connectivity index (χ4n) is 1.89. The van der Waals surface area contributed by atoms with Crippen molar-refractivity contribution in [2.75, 3.05) is 6.16 Å². The fourth-order valence-corrected chi connectivity index (χ4v) is 3.28. The Morgan fingerprint density at radius 3 is 2.11 bits per heavy atom. The number of rotatable bonds is 5. The molecule has 0 spiro atoms. The van der Waals surface area contributed by atoms with Crippen molar-refractivity contribution in [3.63, 3.8) is 0 Å². The molecule has 3 heteroatoms. The molecule has 0 aliphatic rings. The second-order valence-electron chi connectivity index (χ2n) is 4.47. The van der Waals surface area contributed by atoms with E-state index in [2.05, 4.69) is 6.58 Å². The highest BCUT2D eigenvalue weighted by molar-refractivity contribution is 7.68. The third kappa shape index (κ3) is 3.66. The first-order chi connectivity index (χ1) is 9.09. The minimum atomic E-state index is -3.37. The Balaban J connectivity index is 2.07. The van der Waals surface area contributed by atoms with Crippen molar-refractivity contribution in [3.8, 4) is 0 Å². The van der Waals surface area contributed by atoms with Crippen LogP contribution in [0.15, 0.2) is 67.2 Å². The van der Waals surface area contributed by atoms with E-state index >= 15 is 0 Å². The van der Waals surface area contributed by atoms with E-state index in [1.165, 1.54) is 0 Å². The Bertz CT molecular complexity index is 591. The minimum Gasteiger partial charge on any atom is -0.341 e. The molecule has 0 bridgehead atoms. The van der Waals surface area contributed by atoms with Crippen LogP contribution in [0.4, 0.5) is 0 Å². The van der Waals surface area contributed by atoms with Crippen LogP contribution >= 0.6 is 7.37 Å². The smallest absolute Gasteiger partial charge is 0.229 e. The van der Waals surface area contributed by atoms with Crippen molar-refractivity contribution < 1.29 is 9.46 Å². The molecule has 1 unspecified atom stereocenters. The first-order valence-corrected chi connectivity index (χ1v) is 8.05. The lowest BCUT2D eigenvalue weighted by Crippen LogP contribution is -1.96. The van der Waals surface area contributed by atoms with Crippen LogP contribution in [0.1, 0.15) is 11.1 Å². The van der Waals surface area contributed by atoms with Crippen LogP contribution in [0.5, 0.6) is 0 Å².